The van der Waals surface area contributed by atoms with Crippen LogP contribution in [0, 0.1) is 17.3 Å². The molecule has 1 saturated carbocycles. The Morgan fingerprint density at radius 1 is 1.10 bits per heavy atom. The van der Waals surface area contributed by atoms with Crippen LogP contribution < -0.4 is 10.6 Å². The second-order valence-corrected chi connectivity index (χ2v) is 7.21. The Morgan fingerprint density at radius 3 is 2.10 bits per heavy atom. The maximum Gasteiger partial charge on any atom is 0.223 e. The third-order valence-electron chi connectivity index (χ3n) is 5.24. The van der Waals surface area contributed by atoms with Crippen molar-refractivity contribution in [3.05, 3.63) is 0 Å². The Morgan fingerprint density at radius 2 is 1.62 bits per heavy atom. The highest BCUT2D eigenvalue weighted by atomic mass is 16.2. The van der Waals surface area contributed by atoms with Gasteiger partial charge in [-0.3, -0.25) is 9.59 Å². The summed E-state index contributed by atoms with van der Waals surface area (Å²) in [4.78, 5) is 24.2. The lowest BCUT2D eigenvalue weighted by Gasteiger charge is -2.51. The number of carbonyl (C=O) groups is 2. The van der Waals surface area contributed by atoms with Crippen LogP contribution in [0.1, 0.15) is 67.2 Å². The van der Waals surface area contributed by atoms with E-state index in [-0.39, 0.29) is 35.2 Å². The zero-order valence-corrected chi connectivity index (χ0v) is 14.5. The van der Waals surface area contributed by atoms with Crippen LogP contribution in [-0.2, 0) is 9.59 Å². The zero-order valence-electron chi connectivity index (χ0n) is 14.5. The fraction of sp³-hybridized carbons (Fsp3) is 0.882. The van der Waals surface area contributed by atoms with E-state index in [9.17, 15) is 9.59 Å². The van der Waals surface area contributed by atoms with Crippen LogP contribution in [0.3, 0.4) is 0 Å². The monoisotopic (exact) mass is 296 g/mol. The minimum Gasteiger partial charge on any atom is -0.354 e. The maximum atomic E-state index is 12.3. The molecule has 122 valence electrons. The second kappa shape index (κ2) is 7.28. The van der Waals surface area contributed by atoms with Crippen molar-refractivity contribution >= 4 is 11.8 Å². The average Bonchev–Trinajstić information content (AvgIpc) is 2.42. The molecule has 0 unspecified atom stereocenters. The molecule has 0 aliphatic heterocycles. The van der Waals surface area contributed by atoms with Gasteiger partial charge in [0.25, 0.3) is 0 Å². The molecule has 0 spiro atoms. The minimum absolute atomic E-state index is 0.0351. The molecule has 0 radical (unpaired) electrons. The first-order valence-corrected chi connectivity index (χ1v) is 8.32. The fourth-order valence-corrected chi connectivity index (χ4v) is 2.91. The van der Waals surface area contributed by atoms with Gasteiger partial charge in [-0.2, -0.15) is 0 Å². The molecule has 0 heterocycles. The summed E-state index contributed by atoms with van der Waals surface area (Å²) in [6.07, 6.45) is 3.24. The van der Waals surface area contributed by atoms with E-state index in [4.69, 9.17) is 0 Å². The molecule has 4 atom stereocenters. The normalized spacial score (nSPS) is 26.4. The van der Waals surface area contributed by atoms with Gasteiger partial charge in [0.05, 0.1) is 0 Å². The first-order chi connectivity index (χ1) is 9.72. The molecule has 0 aromatic rings. The van der Waals surface area contributed by atoms with Gasteiger partial charge in [0.1, 0.15) is 0 Å². The highest BCUT2D eigenvalue weighted by molar-refractivity contribution is 5.82. The van der Waals surface area contributed by atoms with Gasteiger partial charge in [-0.1, -0.05) is 27.7 Å². The van der Waals surface area contributed by atoms with Gasteiger partial charge in [0.2, 0.25) is 11.8 Å². The highest BCUT2D eigenvalue weighted by Gasteiger charge is 2.52. The molecular weight excluding hydrogens is 264 g/mol. The second-order valence-electron chi connectivity index (χ2n) is 7.21. The SMILES string of the molecule is CC[C@@H](C)NC(=O)C[C@@H]1C[C@H](C(=O)N[C@@H](C)CC)C1(C)C. The number of carbonyl (C=O) groups excluding carboxylic acids is 2. The molecule has 0 bridgehead atoms. The molecule has 0 aromatic carbocycles. The fourth-order valence-electron chi connectivity index (χ4n) is 2.91. The largest absolute Gasteiger partial charge is 0.354 e. The zero-order chi connectivity index (χ0) is 16.2. The van der Waals surface area contributed by atoms with Crippen LogP contribution in [0.15, 0.2) is 0 Å². The molecule has 1 fully saturated rings. The predicted octanol–water partition coefficient (Wildman–Crippen LogP) is 2.87. The van der Waals surface area contributed by atoms with E-state index in [2.05, 4.69) is 38.3 Å². The van der Waals surface area contributed by atoms with Crippen LogP contribution in [-0.4, -0.2) is 23.9 Å². The summed E-state index contributed by atoms with van der Waals surface area (Å²) in [5, 5.41) is 6.08. The third kappa shape index (κ3) is 4.45. The minimum atomic E-state index is -0.0929. The first kappa shape index (κ1) is 18.0. The summed E-state index contributed by atoms with van der Waals surface area (Å²) >= 11 is 0. The van der Waals surface area contributed by atoms with Crippen LogP contribution in [0.4, 0.5) is 0 Å². The van der Waals surface area contributed by atoms with Crippen molar-refractivity contribution < 1.29 is 9.59 Å². The van der Waals surface area contributed by atoms with E-state index in [1.165, 1.54) is 0 Å². The molecule has 2 amide bonds. The molecule has 21 heavy (non-hydrogen) atoms. The number of hydrogen-bond donors (Lipinski definition) is 2. The van der Waals surface area contributed by atoms with E-state index in [0.717, 1.165) is 19.3 Å². The Hall–Kier alpha value is -1.06. The molecule has 4 heteroatoms. The summed E-state index contributed by atoms with van der Waals surface area (Å²) in [7, 11) is 0. The van der Waals surface area contributed by atoms with Gasteiger partial charge >= 0.3 is 0 Å². The van der Waals surface area contributed by atoms with Gasteiger partial charge in [-0.15, -0.1) is 0 Å². The lowest BCUT2D eigenvalue weighted by Crippen LogP contribution is -2.54. The number of nitrogens with one attached hydrogen (secondary N) is 2. The van der Waals surface area contributed by atoms with E-state index in [1.807, 2.05) is 13.8 Å². The third-order valence-corrected chi connectivity index (χ3v) is 5.24. The molecule has 1 rings (SSSR count). The van der Waals surface area contributed by atoms with E-state index in [0.29, 0.717) is 12.3 Å². The maximum absolute atomic E-state index is 12.3. The molecule has 1 aliphatic carbocycles. The Kier molecular flexibility index (Phi) is 6.24. The summed E-state index contributed by atoms with van der Waals surface area (Å²) < 4.78 is 0. The molecule has 4 nitrogen and oxygen atoms in total. The van der Waals surface area contributed by atoms with E-state index < -0.39 is 0 Å². The van der Waals surface area contributed by atoms with Gasteiger partial charge < -0.3 is 10.6 Å². The Balaban J connectivity index is 2.49. The standard InChI is InChI=1S/C17H32N2O2/c1-7-11(3)18-15(20)10-13-9-14(17(13,5)6)16(21)19-12(4)8-2/h11-14H,7-10H2,1-6H3,(H,18,20)(H,19,21)/t11-,12+,13+,14-/m1/s1. The van der Waals surface area contributed by atoms with Crippen LogP contribution >= 0.6 is 0 Å². The highest BCUT2D eigenvalue weighted by Crippen LogP contribution is 2.52. The Labute approximate surface area is 129 Å². The summed E-state index contributed by atoms with van der Waals surface area (Å²) in [6.45, 7) is 12.4. The quantitative estimate of drug-likeness (QED) is 0.759. The first-order valence-electron chi connectivity index (χ1n) is 8.32. The van der Waals surface area contributed by atoms with Crippen molar-refractivity contribution in [3.63, 3.8) is 0 Å². The smallest absolute Gasteiger partial charge is 0.223 e. The number of rotatable bonds is 7. The van der Waals surface area contributed by atoms with Crippen molar-refractivity contribution in [3.8, 4) is 0 Å². The number of hydrogen-bond acceptors (Lipinski definition) is 2. The Bertz CT molecular complexity index is 379. The predicted molar refractivity (Wildman–Crippen MR) is 85.8 cm³/mol. The molecular formula is C17H32N2O2. The topological polar surface area (TPSA) is 58.2 Å². The van der Waals surface area contributed by atoms with Crippen molar-refractivity contribution in [1.82, 2.24) is 10.6 Å². The van der Waals surface area contributed by atoms with E-state index >= 15 is 0 Å². The van der Waals surface area contributed by atoms with Gasteiger partial charge in [-0.25, -0.2) is 0 Å². The van der Waals surface area contributed by atoms with Crippen molar-refractivity contribution in [1.29, 1.82) is 0 Å². The van der Waals surface area contributed by atoms with Gasteiger partial charge in [0.15, 0.2) is 0 Å². The van der Waals surface area contributed by atoms with Gasteiger partial charge in [0, 0.05) is 24.4 Å². The van der Waals surface area contributed by atoms with Crippen LogP contribution in [0.25, 0.3) is 0 Å². The number of amides is 2. The molecule has 2 N–H and O–H groups in total. The van der Waals surface area contributed by atoms with Crippen molar-refractivity contribution in [2.24, 2.45) is 17.3 Å². The van der Waals surface area contributed by atoms with Crippen LogP contribution in [0.5, 0.6) is 0 Å². The van der Waals surface area contributed by atoms with E-state index in [1.54, 1.807) is 0 Å². The summed E-state index contributed by atoms with van der Waals surface area (Å²) in [5.41, 5.74) is -0.0929. The van der Waals surface area contributed by atoms with Crippen LogP contribution in [0.2, 0.25) is 0 Å². The summed E-state index contributed by atoms with van der Waals surface area (Å²) in [6, 6.07) is 0.450. The lowest BCUT2D eigenvalue weighted by molar-refractivity contribution is -0.145. The molecule has 0 aromatic heterocycles. The molecule has 1 aliphatic rings. The summed E-state index contributed by atoms with van der Waals surface area (Å²) in [5.74, 6) is 0.596. The molecule has 0 saturated heterocycles. The van der Waals surface area contributed by atoms with Gasteiger partial charge in [-0.05, 0) is 44.4 Å². The lowest BCUT2D eigenvalue weighted by atomic mass is 9.53. The van der Waals surface area contributed by atoms with Crippen molar-refractivity contribution in [2.45, 2.75) is 79.3 Å². The van der Waals surface area contributed by atoms with Crippen molar-refractivity contribution in [2.75, 3.05) is 0 Å². The average molecular weight is 296 g/mol.